The number of rotatable bonds is 7. The molecule has 5 heteroatoms. The van der Waals surface area contributed by atoms with Gasteiger partial charge in [-0.15, -0.1) is 0 Å². The number of aryl methyl sites for hydroxylation is 1. The Kier molecular flexibility index (Phi) is 6.27. The molecule has 116 valence electrons. The van der Waals surface area contributed by atoms with Crippen LogP contribution in [0.3, 0.4) is 0 Å². The molecule has 0 saturated heterocycles. The first-order valence-corrected chi connectivity index (χ1v) is 8.37. The number of nitrogens with zero attached hydrogens (tertiary/aromatic N) is 1. The molecule has 4 nitrogen and oxygen atoms in total. The lowest BCUT2D eigenvalue weighted by Gasteiger charge is -2.06. The van der Waals surface area contributed by atoms with Crippen molar-refractivity contribution < 1.29 is 9.52 Å². The number of nitrogens with one attached hydrogen (secondary N) is 1. The maximum absolute atomic E-state index is 11.9. The topological polar surface area (TPSA) is 56.0 Å². The first kappa shape index (κ1) is 16.4. The fraction of sp³-hybridized carbons (Fsp3) is 0.294. The second kappa shape index (κ2) is 8.44. The maximum atomic E-state index is 11.9. The average molecular weight is 316 g/mol. The molecular weight excluding hydrogens is 296 g/mol. The van der Waals surface area contributed by atoms with Gasteiger partial charge in [0.05, 0.1) is 5.75 Å². The Morgan fingerprint density at radius 1 is 1.23 bits per heavy atom. The minimum Gasteiger partial charge on any atom is -0.618 e. The van der Waals surface area contributed by atoms with Crippen molar-refractivity contribution in [2.75, 3.05) is 11.1 Å². The smallest absolute Gasteiger partial charge is 0.251 e. The lowest BCUT2D eigenvalue weighted by Crippen LogP contribution is -2.28. The van der Waals surface area contributed by atoms with Crippen molar-refractivity contribution in [2.24, 2.45) is 0 Å². The lowest BCUT2D eigenvalue weighted by molar-refractivity contribution is -0.645. The van der Waals surface area contributed by atoms with Crippen LogP contribution in [0.4, 0.5) is 5.69 Å². The Bertz CT molecular complexity index is 614. The van der Waals surface area contributed by atoms with Crippen LogP contribution in [0.5, 0.6) is 0 Å². The number of pyridine rings is 1. The van der Waals surface area contributed by atoms with Crippen LogP contribution in [0.25, 0.3) is 0 Å². The van der Waals surface area contributed by atoms with Gasteiger partial charge < -0.3 is 10.5 Å². The summed E-state index contributed by atoms with van der Waals surface area (Å²) in [6.07, 6.45) is 4.84. The zero-order chi connectivity index (χ0) is 15.8. The van der Waals surface area contributed by atoms with Crippen molar-refractivity contribution in [3.63, 3.8) is 0 Å². The number of hydrogen-bond donors (Lipinski definition) is 1. The lowest BCUT2D eigenvalue weighted by atomic mass is 10.1. The Labute approximate surface area is 135 Å². The zero-order valence-electron chi connectivity index (χ0n) is 12.6. The molecule has 0 saturated carbocycles. The van der Waals surface area contributed by atoms with Crippen molar-refractivity contribution in [3.05, 3.63) is 59.4 Å². The molecule has 1 aromatic heterocycles. The highest BCUT2D eigenvalue weighted by atomic mass is 32.2. The number of amides is 1. The monoisotopic (exact) mass is 316 g/mol. The Morgan fingerprint density at radius 3 is 2.68 bits per heavy atom. The Balaban J connectivity index is 1.83. The summed E-state index contributed by atoms with van der Waals surface area (Å²) < 4.78 is 0.764. The van der Waals surface area contributed by atoms with Crippen LogP contribution in [0.1, 0.15) is 25.3 Å². The minimum atomic E-state index is -0.116. The van der Waals surface area contributed by atoms with Crippen molar-refractivity contribution in [3.8, 4) is 0 Å². The molecule has 1 amide bonds. The number of carbonyl (C=O) groups is 1. The van der Waals surface area contributed by atoms with Crippen LogP contribution in [-0.2, 0) is 11.2 Å². The van der Waals surface area contributed by atoms with Gasteiger partial charge in [-0.3, -0.25) is 4.79 Å². The third-order valence-corrected chi connectivity index (χ3v) is 4.21. The number of carbonyl (C=O) groups excluding carboxylic acids is 1. The van der Waals surface area contributed by atoms with Crippen LogP contribution in [0.15, 0.2) is 53.7 Å². The summed E-state index contributed by atoms with van der Waals surface area (Å²) in [6.45, 7) is 2.17. The van der Waals surface area contributed by atoms with E-state index in [-0.39, 0.29) is 11.7 Å². The number of aromatic nitrogens is 1. The van der Waals surface area contributed by atoms with Gasteiger partial charge in [-0.25, -0.2) is 0 Å². The normalized spacial score (nSPS) is 10.4. The van der Waals surface area contributed by atoms with Crippen LogP contribution >= 0.6 is 11.8 Å². The summed E-state index contributed by atoms with van der Waals surface area (Å²) in [5.41, 5.74) is 2.07. The largest absolute Gasteiger partial charge is 0.618 e. The molecular formula is C17H20N2O2S. The van der Waals surface area contributed by atoms with E-state index in [2.05, 4.69) is 12.2 Å². The highest BCUT2D eigenvalue weighted by molar-refractivity contribution is 7.99. The molecule has 0 aliphatic heterocycles. The van der Waals surface area contributed by atoms with Gasteiger partial charge in [-0.1, -0.05) is 25.5 Å². The molecule has 0 aliphatic rings. The van der Waals surface area contributed by atoms with Gasteiger partial charge in [0.2, 0.25) is 5.91 Å². The summed E-state index contributed by atoms with van der Waals surface area (Å²) in [5, 5.41) is 14.8. The molecule has 0 radical (unpaired) electrons. The minimum absolute atomic E-state index is 0.116. The number of unbranched alkanes of at least 4 members (excludes halogenated alkanes) is 1. The fourth-order valence-corrected chi connectivity index (χ4v) is 2.71. The highest BCUT2D eigenvalue weighted by Gasteiger charge is 2.09. The first-order valence-electron chi connectivity index (χ1n) is 7.39. The molecule has 1 aromatic carbocycles. The summed E-state index contributed by atoms with van der Waals surface area (Å²) in [5.74, 6) is 0.0966. The summed E-state index contributed by atoms with van der Waals surface area (Å²) >= 11 is 1.23. The van der Waals surface area contributed by atoms with Crippen molar-refractivity contribution >= 4 is 23.4 Å². The molecule has 1 N–H and O–H groups in total. The van der Waals surface area contributed by atoms with Gasteiger partial charge in [0.15, 0.2) is 6.20 Å². The SMILES string of the molecule is CCCCc1ccc(NC(=O)CSc2cccc[n+]2[O-])cc1. The van der Waals surface area contributed by atoms with Gasteiger partial charge in [-0.2, -0.15) is 4.73 Å². The molecule has 2 aromatic rings. The number of anilines is 1. The van der Waals surface area contributed by atoms with Crippen molar-refractivity contribution in [1.29, 1.82) is 0 Å². The van der Waals surface area contributed by atoms with Gasteiger partial charge in [0.1, 0.15) is 0 Å². The fourth-order valence-electron chi connectivity index (χ4n) is 2.00. The molecule has 0 spiro atoms. The molecule has 0 fully saturated rings. The number of benzene rings is 1. The molecule has 0 atom stereocenters. The van der Waals surface area contributed by atoms with Crippen LogP contribution in [0.2, 0.25) is 0 Å². The predicted octanol–water partition coefficient (Wildman–Crippen LogP) is 3.39. The Hall–Kier alpha value is -2.01. The van der Waals surface area contributed by atoms with E-state index in [1.165, 1.54) is 36.4 Å². The van der Waals surface area contributed by atoms with E-state index >= 15 is 0 Å². The summed E-state index contributed by atoms with van der Waals surface area (Å²) in [4.78, 5) is 11.9. The van der Waals surface area contributed by atoms with E-state index in [0.717, 1.165) is 16.8 Å². The Morgan fingerprint density at radius 2 is 2.00 bits per heavy atom. The molecule has 0 aliphatic carbocycles. The molecule has 1 heterocycles. The molecule has 2 rings (SSSR count). The zero-order valence-corrected chi connectivity index (χ0v) is 13.4. The van der Waals surface area contributed by atoms with Gasteiger partial charge in [-0.05, 0) is 48.4 Å². The first-order chi connectivity index (χ1) is 10.7. The van der Waals surface area contributed by atoms with Crippen molar-refractivity contribution in [1.82, 2.24) is 0 Å². The van der Waals surface area contributed by atoms with Gasteiger partial charge in [0.25, 0.3) is 5.03 Å². The third-order valence-electron chi connectivity index (χ3n) is 3.20. The van der Waals surface area contributed by atoms with Crippen molar-refractivity contribution in [2.45, 2.75) is 31.2 Å². The summed E-state index contributed by atoms with van der Waals surface area (Å²) in [7, 11) is 0. The highest BCUT2D eigenvalue weighted by Crippen LogP contribution is 2.15. The third kappa shape index (κ3) is 5.07. The maximum Gasteiger partial charge on any atom is 0.251 e. The van der Waals surface area contributed by atoms with E-state index in [0.29, 0.717) is 5.03 Å². The second-order valence-corrected chi connectivity index (χ2v) is 6.00. The second-order valence-electron chi connectivity index (χ2n) is 5.00. The van der Waals surface area contributed by atoms with E-state index < -0.39 is 0 Å². The van der Waals surface area contributed by atoms with E-state index in [9.17, 15) is 10.0 Å². The molecule has 0 bridgehead atoms. The molecule has 0 unspecified atom stereocenters. The van der Waals surface area contributed by atoms with E-state index in [1.54, 1.807) is 18.2 Å². The number of hydrogen-bond acceptors (Lipinski definition) is 3. The molecule has 22 heavy (non-hydrogen) atoms. The van der Waals surface area contributed by atoms with Crippen LogP contribution < -0.4 is 10.0 Å². The predicted molar refractivity (Wildman–Crippen MR) is 89.8 cm³/mol. The van der Waals surface area contributed by atoms with Gasteiger partial charge >= 0.3 is 0 Å². The summed E-state index contributed by atoms with van der Waals surface area (Å²) in [6, 6.07) is 13.1. The standard InChI is InChI=1S/C17H20N2O2S/c1-2-3-6-14-8-10-15(11-9-14)18-16(20)13-22-17-7-4-5-12-19(17)21/h4-5,7-12H,2-3,6,13H2,1H3,(H,18,20). The van der Waals surface area contributed by atoms with Gasteiger partial charge in [0, 0.05) is 17.8 Å². The van der Waals surface area contributed by atoms with E-state index in [1.807, 2.05) is 24.3 Å². The van der Waals surface area contributed by atoms with Crippen LogP contribution in [-0.4, -0.2) is 11.7 Å². The van der Waals surface area contributed by atoms with E-state index in [4.69, 9.17) is 0 Å². The quantitative estimate of drug-likeness (QED) is 0.484. The number of thioether (sulfide) groups is 1. The average Bonchev–Trinajstić information content (AvgIpc) is 2.53. The van der Waals surface area contributed by atoms with Crippen LogP contribution in [0, 0.1) is 5.21 Å².